The summed E-state index contributed by atoms with van der Waals surface area (Å²) >= 11 is 6.44. The largest absolute Gasteiger partial charge is 0.494 e. The predicted octanol–water partition coefficient (Wildman–Crippen LogP) is 5.51. The Morgan fingerprint density at radius 3 is 2.15 bits per heavy atom. The Kier molecular flexibility index (Phi) is 11.6. The number of carbonyl (C=O) groups excluding carboxylic acids is 2. The average molecular weight is 600 g/mol. The zero-order chi connectivity index (χ0) is 30.0. The van der Waals surface area contributed by atoms with Crippen molar-refractivity contribution in [3.8, 4) is 5.75 Å². The van der Waals surface area contributed by atoms with Crippen molar-refractivity contribution in [2.45, 2.75) is 51.6 Å². The number of amides is 2. The van der Waals surface area contributed by atoms with Crippen LogP contribution in [0.2, 0.25) is 5.02 Å². The van der Waals surface area contributed by atoms with Gasteiger partial charge >= 0.3 is 0 Å². The minimum Gasteiger partial charge on any atom is -0.494 e. The highest BCUT2D eigenvalue weighted by Crippen LogP contribution is 2.26. The number of halogens is 1. The topological polar surface area (TPSA) is 96.0 Å². The van der Waals surface area contributed by atoms with Crippen LogP contribution >= 0.6 is 11.6 Å². The molecule has 2 amide bonds. The molecule has 0 spiro atoms. The third kappa shape index (κ3) is 8.47. The SMILES string of the molecule is CCOc1ccc(S(=O)(=O)N(CC(=O)N(Cc2ccccc2Cl)[C@@H](CC)C(=O)NCC(C)C)c2ccccc2)cc1. The van der Waals surface area contributed by atoms with Crippen LogP contribution in [0.1, 0.15) is 39.7 Å². The van der Waals surface area contributed by atoms with Crippen LogP contribution in [0.25, 0.3) is 0 Å². The molecule has 220 valence electrons. The molecule has 3 aromatic carbocycles. The number of benzene rings is 3. The summed E-state index contributed by atoms with van der Waals surface area (Å²) in [4.78, 5) is 28.8. The zero-order valence-corrected chi connectivity index (χ0v) is 25.5. The van der Waals surface area contributed by atoms with E-state index in [0.29, 0.717) is 41.6 Å². The molecule has 1 atom stereocenters. The Morgan fingerprint density at radius 1 is 0.927 bits per heavy atom. The van der Waals surface area contributed by atoms with Crippen molar-refractivity contribution in [3.05, 3.63) is 89.4 Å². The van der Waals surface area contributed by atoms with Crippen LogP contribution in [-0.2, 0) is 26.2 Å². The number of nitrogens with zero attached hydrogens (tertiary/aromatic N) is 2. The quantitative estimate of drug-likeness (QED) is 0.263. The third-order valence-corrected chi connectivity index (χ3v) is 8.57. The van der Waals surface area contributed by atoms with Crippen molar-refractivity contribution in [1.29, 1.82) is 0 Å². The second-order valence-corrected chi connectivity index (χ2v) is 12.2. The molecule has 0 aromatic heterocycles. The summed E-state index contributed by atoms with van der Waals surface area (Å²) in [6, 6.07) is 20.8. The van der Waals surface area contributed by atoms with Gasteiger partial charge in [-0.2, -0.15) is 0 Å². The van der Waals surface area contributed by atoms with Gasteiger partial charge in [-0.3, -0.25) is 13.9 Å². The fourth-order valence-electron chi connectivity index (χ4n) is 4.28. The van der Waals surface area contributed by atoms with Gasteiger partial charge in [-0.25, -0.2) is 8.42 Å². The molecule has 0 saturated carbocycles. The maximum atomic E-state index is 14.1. The Labute approximate surface area is 248 Å². The molecule has 0 bridgehead atoms. The smallest absolute Gasteiger partial charge is 0.264 e. The number of hydrogen-bond donors (Lipinski definition) is 1. The van der Waals surface area contributed by atoms with E-state index in [-0.39, 0.29) is 23.3 Å². The van der Waals surface area contributed by atoms with E-state index in [0.717, 1.165) is 4.31 Å². The Bertz CT molecular complexity index is 1400. The fourth-order valence-corrected chi connectivity index (χ4v) is 5.89. The minimum atomic E-state index is -4.17. The number of carbonyl (C=O) groups is 2. The number of para-hydroxylation sites is 1. The molecular formula is C31H38ClN3O5S. The molecule has 0 saturated heterocycles. The van der Waals surface area contributed by atoms with Gasteiger partial charge in [0.1, 0.15) is 18.3 Å². The molecule has 1 N–H and O–H groups in total. The first-order chi connectivity index (χ1) is 19.6. The van der Waals surface area contributed by atoms with Crippen LogP contribution in [0.3, 0.4) is 0 Å². The van der Waals surface area contributed by atoms with Crippen molar-refractivity contribution in [3.63, 3.8) is 0 Å². The van der Waals surface area contributed by atoms with Gasteiger partial charge in [0.25, 0.3) is 10.0 Å². The monoisotopic (exact) mass is 599 g/mol. The Balaban J connectivity index is 2.02. The number of anilines is 1. The Morgan fingerprint density at radius 2 is 1.56 bits per heavy atom. The van der Waals surface area contributed by atoms with Crippen molar-refractivity contribution >= 4 is 39.1 Å². The molecule has 8 nitrogen and oxygen atoms in total. The highest BCUT2D eigenvalue weighted by atomic mass is 35.5. The zero-order valence-electron chi connectivity index (χ0n) is 23.9. The lowest BCUT2D eigenvalue weighted by Gasteiger charge is -2.33. The van der Waals surface area contributed by atoms with E-state index >= 15 is 0 Å². The highest BCUT2D eigenvalue weighted by molar-refractivity contribution is 7.92. The average Bonchev–Trinajstić information content (AvgIpc) is 2.96. The predicted molar refractivity (Wildman–Crippen MR) is 163 cm³/mol. The second-order valence-electron chi connectivity index (χ2n) is 9.93. The van der Waals surface area contributed by atoms with E-state index in [2.05, 4.69) is 5.32 Å². The molecule has 0 fully saturated rings. The van der Waals surface area contributed by atoms with Gasteiger partial charge in [-0.15, -0.1) is 0 Å². The number of ether oxygens (including phenoxy) is 1. The number of rotatable bonds is 14. The molecule has 0 aliphatic carbocycles. The van der Waals surface area contributed by atoms with Crippen LogP contribution in [0.15, 0.2) is 83.8 Å². The van der Waals surface area contributed by atoms with Gasteiger partial charge in [0, 0.05) is 18.1 Å². The van der Waals surface area contributed by atoms with Gasteiger partial charge in [0.2, 0.25) is 11.8 Å². The van der Waals surface area contributed by atoms with Crippen molar-refractivity contribution in [2.75, 3.05) is 24.0 Å². The summed E-state index contributed by atoms with van der Waals surface area (Å²) in [6.07, 6.45) is 0.330. The van der Waals surface area contributed by atoms with Crippen LogP contribution in [0, 0.1) is 5.92 Å². The first-order valence-corrected chi connectivity index (χ1v) is 15.5. The second kappa shape index (κ2) is 14.9. The third-order valence-electron chi connectivity index (χ3n) is 6.41. The molecule has 41 heavy (non-hydrogen) atoms. The summed E-state index contributed by atoms with van der Waals surface area (Å²) in [5, 5.41) is 3.36. The first kappa shape index (κ1) is 32.0. The Hall–Kier alpha value is -3.56. The summed E-state index contributed by atoms with van der Waals surface area (Å²) in [7, 11) is -4.17. The number of hydrogen-bond acceptors (Lipinski definition) is 5. The van der Waals surface area contributed by atoms with Gasteiger partial charge < -0.3 is 15.0 Å². The normalized spacial score (nSPS) is 12.0. The molecule has 10 heteroatoms. The van der Waals surface area contributed by atoms with E-state index < -0.39 is 28.5 Å². The van der Waals surface area contributed by atoms with Crippen LogP contribution < -0.4 is 14.4 Å². The fraction of sp³-hybridized carbons (Fsp3) is 0.355. The molecule has 0 unspecified atom stereocenters. The van der Waals surface area contributed by atoms with Crippen molar-refractivity contribution < 1.29 is 22.7 Å². The standard InChI is InChI=1S/C31H38ClN3O5S/c1-5-29(31(37)33-20-23(3)4)34(21-24-12-10-11-15-28(24)32)30(36)22-35(25-13-8-7-9-14-25)41(38,39)27-18-16-26(17-19-27)40-6-2/h7-19,23,29H,5-6,20-22H2,1-4H3,(H,33,37)/t29-/m0/s1. The lowest BCUT2D eigenvalue weighted by Crippen LogP contribution is -2.52. The van der Waals surface area contributed by atoms with Crippen molar-refractivity contribution in [2.24, 2.45) is 5.92 Å². The van der Waals surface area contributed by atoms with Gasteiger partial charge in [0.05, 0.1) is 17.2 Å². The summed E-state index contributed by atoms with van der Waals surface area (Å²) < 4.78 is 34.4. The van der Waals surface area contributed by atoms with Crippen LogP contribution in [-0.4, -0.2) is 50.9 Å². The van der Waals surface area contributed by atoms with E-state index in [1.54, 1.807) is 66.7 Å². The highest BCUT2D eigenvalue weighted by Gasteiger charge is 2.34. The maximum Gasteiger partial charge on any atom is 0.264 e. The van der Waals surface area contributed by atoms with Crippen molar-refractivity contribution in [1.82, 2.24) is 10.2 Å². The summed E-state index contributed by atoms with van der Waals surface area (Å²) in [5.41, 5.74) is 0.975. The van der Waals surface area contributed by atoms with E-state index in [4.69, 9.17) is 16.3 Å². The van der Waals surface area contributed by atoms with E-state index in [1.807, 2.05) is 27.7 Å². The van der Waals surface area contributed by atoms with Gasteiger partial charge in [-0.05, 0) is 67.3 Å². The number of nitrogens with one attached hydrogen (secondary N) is 1. The van der Waals surface area contributed by atoms with E-state index in [1.165, 1.54) is 17.0 Å². The van der Waals surface area contributed by atoms with Gasteiger partial charge in [0.15, 0.2) is 0 Å². The summed E-state index contributed by atoms with van der Waals surface area (Å²) in [6.45, 7) is 8.05. The molecule has 3 aromatic rings. The molecular weight excluding hydrogens is 562 g/mol. The lowest BCUT2D eigenvalue weighted by atomic mass is 10.1. The lowest BCUT2D eigenvalue weighted by molar-refractivity contribution is -0.140. The van der Waals surface area contributed by atoms with Crippen LogP contribution in [0.4, 0.5) is 5.69 Å². The molecule has 0 aliphatic heterocycles. The molecule has 3 rings (SSSR count). The first-order valence-electron chi connectivity index (χ1n) is 13.7. The summed E-state index contributed by atoms with van der Waals surface area (Å²) in [5.74, 6) is -0.0769. The molecule has 0 aliphatic rings. The molecule has 0 heterocycles. The maximum absolute atomic E-state index is 14.1. The molecule has 0 radical (unpaired) electrons. The van der Waals surface area contributed by atoms with E-state index in [9.17, 15) is 18.0 Å². The van der Waals surface area contributed by atoms with Gasteiger partial charge in [-0.1, -0.05) is 68.8 Å². The minimum absolute atomic E-state index is 0.0111. The van der Waals surface area contributed by atoms with Crippen LogP contribution in [0.5, 0.6) is 5.75 Å². The number of sulfonamides is 1.